The second-order valence-corrected chi connectivity index (χ2v) is 8.35. The van der Waals surface area contributed by atoms with Crippen LogP contribution in [0.1, 0.15) is 29.9 Å². The van der Waals surface area contributed by atoms with Crippen LogP contribution in [0.4, 0.5) is 0 Å². The van der Waals surface area contributed by atoms with Crippen LogP contribution >= 0.6 is 34.8 Å². The van der Waals surface area contributed by atoms with E-state index in [0.29, 0.717) is 21.6 Å². The van der Waals surface area contributed by atoms with Gasteiger partial charge in [-0.3, -0.25) is 4.79 Å². The number of hydrogen-bond donors (Lipinski definition) is 1. The number of carbonyl (C=O) groups is 1. The van der Waals surface area contributed by atoms with E-state index < -0.39 is 0 Å². The Kier molecular flexibility index (Phi) is 4.77. The number of carbonyl (C=O) groups excluding carboxylic acids is 1. The number of benzene rings is 2. The van der Waals surface area contributed by atoms with E-state index in [1.165, 1.54) is 5.56 Å². The maximum absolute atomic E-state index is 12.4. The van der Waals surface area contributed by atoms with Gasteiger partial charge in [-0.25, -0.2) is 0 Å². The molecule has 0 saturated carbocycles. The highest BCUT2D eigenvalue weighted by Gasteiger charge is 2.47. The first-order valence-corrected chi connectivity index (χ1v) is 9.75. The van der Waals surface area contributed by atoms with Crippen LogP contribution in [0.2, 0.25) is 15.1 Å². The lowest BCUT2D eigenvalue weighted by Gasteiger charge is -2.38. The molecule has 2 nitrogen and oxygen atoms in total. The molecule has 1 amide bonds. The Morgan fingerprint density at radius 1 is 1.00 bits per heavy atom. The van der Waals surface area contributed by atoms with E-state index in [0.717, 1.165) is 11.1 Å². The summed E-state index contributed by atoms with van der Waals surface area (Å²) >= 11 is 18.7. The minimum absolute atomic E-state index is 0.0786. The number of fused-ring (bicyclic) bond motifs is 1. The molecule has 0 aromatic heterocycles. The summed E-state index contributed by atoms with van der Waals surface area (Å²) in [6.07, 6.45) is 2.19. The van der Waals surface area contributed by atoms with Crippen molar-refractivity contribution in [3.63, 3.8) is 0 Å². The zero-order valence-corrected chi connectivity index (χ0v) is 16.4. The van der Waals surface area contributed by atoms with Crippen molar-refractivity contribution in [1.29, 1.82) is 0 Å². The first-order chi connectivity index (χ1) is 12.5. The minimum Gasteiger partial charge on any atom is -0.355 e. The molecule has 1 aliphatic heterocycles. The van der Waals surface area contributed by atoms with Crippen molar-refractivity contribution in [3.05, 3.63) is 80.3 Å². The number of amides is 1. The van der Waals surface area contributed by atoms with Crippen LogP contribution in [0.25, 0.3) is 0 Å². The van der Waals surface area contributed by atoms with Gasteiger partial charge in [-0.1, -0.05) is 64.7 Å². The topological polar surface area (TPSA) is 29.1 Å². The Hall–Kier alpha value is -1.48. The predicted octanol–water partition coefficient (Wildman–Crippen LogP) is 5.84. The van der Waals surface area contributed by atoms with Crippen molar-refractivity contribution >= 4 is 40.7 Å². The Bertz CT molecular complexity index is 891. The smallest absolute Gasteiger partial charge is 0.227 e. The number of nitrogens with one attached hydrogen (secondary N) is 1. The van der Waals surface area contributed by atoms with Crippen LogP contribution in [0.5, 0.6) is 0 Å². The van der Waals surface area contributed by atoms with Crippen molar-refractivity contribution in [2.24, 2.45) is 11.8 Å². The predicted molar refractivity (Wildman–Crippen MR) is 107 cm³/mol. The van der Waals surface area contributed by atoms with Crippen molar-refractivity contribution in [2.75, 3.05) is 6.54 Å². The first kappa shape index (κ1) is 17.9. The molecule has 2 aromatic carbocycles. The molecule has 26 heavy (non-hydrogen) atoms. The fourth-order valence-corrected chi connectivity index (χ4v) is 5.13. The average Bonchev–Trinajstić information content (AvgIpc) is 2.98. The Morgan fingerprint density at radius 2 is 1.69 bits per heavy atom. The van der Waals surface area contributed by atoms with Crippen molar-refractivity contribution in [2.45, 2.75) is 18.8 Å². The summed E-state index contributed by atoms with van der Waals surface area (Å²) in [6, 6.07) is 13.6. The Labute approximate surface area is 168 Å². The molecule has 1 fully saturated rings. The van der Waals surface area contributed by atoms with Gasteiger partial charge >= 0.3 is 0 Å². The fraction of sp³-hybridized carbons (Fsp3) is 0.286. The normalized spacial score (nSPS) is 27.7. The highest BCUT2D eigenvalue weighted by Crippen LogP contribution is 2.51. The lowest BCUT2D eigenvalue weighted by Crippen LogP contribution is -2.31. The molecule has 5 heteroatoms. The number of hydrogen-bond acceptors (Lipinski definition) is 1. The van der Waals surface area contributed by atoms with Gasteiger partial charge in [0, 0.05) is 27.5 Å². The number of rotatable bonds is 2. The Morgan fingerprint density at radius 3 is 2.38 bits per heavy atom. The molecule has 1 aliphatic carbocycles. The molecule has 1 saturated heterocycles. The van der Waals surface area contributed by atoms with Gasteiger partial charge in [0.1, 0.15) is 0 Å². The van der Waals surface area contributed by atoms with Crippen LogP contribution in [-0.2, 0) is 4.79 Å². The van der Waals surface area contributed by atoms with Gasteiger partial charge < -0.3 is 5.32 Å². The van der Waals surface area contributed by atoms with Gasteiger partial charge in [0.2, 0.25) is 5.91 Å². The molecule has 0 bridgehead atoms. The monoisotopic (exact) mass is 405 g/mol. The number of allylic oxidation sites excluding steroid dienone is 1. The molecule has 2 aromatic rings. The van der Waals surface area contributed by atoms with E-state index in [4.69, 9.17) is 34.8 Å². The van der Waals surface area contributed by atoms with Crippen molar-refractivity contribution in [1.82, 2.24) is 5.32 Å². The second kappa shape index (κ2) is 6.92. The van der Waals surface area contributed by atoms with Gasteiger partial charge in [-0.15, -0.1) is 0 Å². The van der Waals surface area contributed by atoms with Gasteiger partial charge in [-0.2, -0.15) is 0 Å². The zero-order chi connectivity index (χ0) is 18.4. The van der Waals surface area contributed by atoms with Crippen LogP contribution in [0.15, 0.2) is 54.1 Å². The molecule has 4 rings (SSSR count). The molecule has 0 spiro atoms. The highest BCUT2D eigenvalue weighted by molar-refractivity contribution is 6.35. The zero-order valence-electron chi connectivity index (χ0n) is 14.2. The summed E-state index contributed by atoms with van der Waals surface area (Å²) in [5, 5.41) is 5.02. The molecule has 1 N–H and O–H groups in total. The quantitative estimate of drug-likeness (QED) is 0.624. The summed E-state index contributed by atoms with van der Waals surface area (Å²) in [6.45, 7) is 2.71. The van der Waals surface area contributed by atoms with Crippen LogP contribution < -0.4 is 5.32 Å². The second-order valence-electron chi connectivity index (χ2n) is 7.07. The standard InChI is InChI=1S/C21H18Cl3NO/c1-11-8-16(15-7-6-14(23)9-18(15)24)20(12-2-4-13(22)5-3-12)17-10-25-21(26)19(11)17/h2-9,16-17,19-20H,10H2,1H3,(H,25,26). The summed E-state index contributed by atoms with van der Waals surface area (Å²) < 4.78 is 0. The van der Waals surface area contributed by atoms with E-state index in [9.17, 15) is 4.79 Å². The first-order valence-electron chi connectivity index (χ1n) is 8.62. The molecule has 134 valence electrons. The molecule has 2 aliphatic rings. The van der Waals surface area contributed by atoms with Crippen molar-refractivity contribution in [3.8, 4) is 0 Å². The third-order valence-corrected chi connectivity index (χ3v) is 6.39. The van der Waals surface area contributed by atoms with Crippen LogP contribution in [0, 0.1) is 11.8 Å². The van der Waals surface area contributed by atoms with E-state index >= 15 is 0 Å². The summed E-state index contributed by atoms with van der Waals surface area (Å²) in [5.41, 5.74) is 3.31. The molecular formula is C21H18Cl3NO. The minimum atomic E-state index is -0.0852. The largest absolute Gasteiger partial charge is 0.355 e. The van der Waals surface area contributed by atoms with Crippen LogP contribution in [0.3, 0.4) is 0 Å². The van der Waals surface area contributed by atoms with E-state index in [2.05, 4.69) is 23.5 Å². The lowest BCUT2D eigenvalue weighted by atomic mass is 9.64. The van der Waals surface area contributed by atoms with Crippen LogP contribution in [-0.4, -0.2) is 12.5 Å². The van der Waals surface area contributed by atoms with E-state index in [1.807, 2.05) is 31.2 Å². The summed E-state index contributed by atoms with van der Waals surface area (Å²) in [5.74, 6) is 0.431. The third-order valence-electron chi connectivity index (χ3n) is 5.58. The van der Waals surface area contributed by atoms with Gasteiger partial charge in [0.15, 0.2) is 0 Å². The number of halogens is 3. The molecule has 0 radical (unpaired) electrons. The van der Waals surface area contributed by atoms with Gasteiger partial charge in [0.25, 0.3) is 0 Å². The van der Waals surface area contributed by atoms with Crippen molar-refractivity contribution < 1.29 is 4.79 Å². The SMILES string of the molecule is CC1=CC(c2ccc(Cl)cc2Cl)C(c2ccc(Cl)cc2)C2CNC(=O)C12. The average molecular weight is 407 g/mol. The van der Waals surface area contributed by atoms with Gasteiger partial charge in [-0.05, 0) is 54.2 Å². The van der Waals surface area contributed by atoms with Gasteiger partial charge in [0.05, 0.1) is 5.92 Å². The van der Waals surface area contributed by atoms with E-state index in [1.54, 1.807) is 6.07 Å². The fourth-order valence-electron chi connectivity index (χ4n) is 4.47. The molecule has 4 unspecified atom stereocenters. The molecular weight excluding hydrogens is 389 g/mol. The third kappa shape index (κ3) is 3.05. The molecule has 1 heterocycles. The molecule has 4 atom stereocenters. The summed E-state index contributed by atoms with van der Waals surface area (Å²) in [4.78, 5) is 12.4. The lowest BCUT2D eigenvalue weighted by molar-refractivity contribution is -0.122. The highest BCUT2D eigenvalue weighted by atomic mass is 35.5. The maximum Gasteiger partial charge on any atom is 0.227 e. The van der Waals surface area contributed by atoms with E-state index in [-0.39, 0.29) is 29.6 Å². The maximum atomic E-state index is 12.4. The Balaban J connectivity index is 1.87. The summed E-state index contributed by atoms with van der Waals surface area (Å²) in [7, 11) is 0.